The lowest BCUT2D eigenvalue weighted by molar-refractivity contribution is -0.136. The van der Waals surface area contributed by atoms with E-state index in [1.165, 1.54) is 0 Å². The molecule has 158 valence electrons. The summed E-state index contributed by atoms with van der Waals surface area (Å²) in [6.45, 7) is 4.11. The second-order valence-corrected chi connectivity index (χ2v) is 8.53. The number of carboxylic acids is 1. The first kappa shape index (κ1) is 22.6. The monoisotopic (exact) mass is 467 g/mol. The fourth-order valence-corrected chi connectivity index (χ4v) is 4.09. The van der Waals surface area contributed by atoms with Crippen LogP contribution in [-0.2, 0) is 26.3 Å². The number of amides is 1. The Bertz CT molecular complexity index is 1040. The molecule has 8 heteroatoms. The molecule has 1 heterocycles. The number of carbonyl (C=O) groups excluding carboxylic acids is 1. The van der Waals surface area contributed by atoms with Crippen LogP contribution in [-0.4, -0.2) is 30.2 Å². The summed E-state index contributed by atoms with van der Waals surface area (Å²) in [6, 6.07) is 8.59. The van der Waals surface area contributed by atoms with Crippen molar-refractivity contribution >= 4 is 52.8 Å². The van der Waals surface area contributed by atoms with Crippen LogP contribution in [0.3, 0.4) is 0 Å². The van der Waals surface area contributed by atoms with Gasteiger partial charge in [0.25, 0.3) is 0 Å². The Kier molecular flexibility index (Phi) is 6.78. The van der Waals surface area contributed by atoms with Gasteiger partial charge in [-0.2, -0.15) is 0 Å². The predicted octanol–water partition coefficient (Wildman–Crippen LogP) is 5.03. The number of aryl methyl sites for hydroxylation is 1. The average Bonchev–Trinajstić information content (AvgIpc) is 2.64. The van der Waals surface area contributed by atoms with Gasteiger partial charge in [0.1, 0.15) is 5.54 Å². The zero-order chi connectivity index (χ0) is 22.1. The van der Waals surface area contributed by atoms with Gasteiger partial charge in [-0.05, 0) is 48.7 Å². The first-order valence-corrected chi connectivity index (χ1v) is 10.3. The third-order valence-corrected chi connectivity index (χ3v) is 6.16. The van der Waals surface area contributed by atoms with Crippen LogP contribution in [0.5, 0.6) is 0 Å². The SMILES string of the molecule is C/C(=C\c1c(C)ccc(Cl)c1Cl)C(=O)NC1(c2ccc(CC(=O)O)cc2Cl)COC1. The van der Waals surface area contributed by atoms with Crippen molar-refractivity contribution in [2.45, 2.75) is 25.8 Å². The van der Waals surface area contributed by atoms with Crippen LogP contribution in [0, 0.1) is 6.92 Å². The van der Waals surface area contributed by atoms with Gasteiger partial charge in [0, 0.05) is 16.2 Å². The standard InChI is InChI=1S/C22H20Cl3NO4/c1-12-3-6-17(23)20(25)15(12)7-13(2)21(29)26-22(10-30-11-22)16-5-4-14(8-18(16)24)9-19(27)28/h3-8H,9-11H2,1-2H3,(H,26,29)(H,27,28)/b13-7+. The molecule has 1 aliphatic heterocycles. The number of hydrogen-bond donors (Lipinski definition) is 2. The van der Waals surface area contributed by atoms with E-state index >= 15 is 0 Å². The molecule has 0 atom stereocenters. The number of benzene rings is 2. The molecule has 2 aromatic carbocycles. The topological polar surface area (TPSA) is 75.6 Å². The minimum absolute atomic E-state index is 0.128. The summed E-state index contributed by atoms with van der Waals surface area (Å²) in [5.41, 5.74) is 2.52. The smallest absolute Gasteiger partial charge is 0.307 e. The summed E-state index contributed by atoms with van der Waals surface area (Å²) in [4.78, 5) is 23.9. The molecule has 0 aliphatic carbocycles. The Labute approximate surface area is 189 Å². The molecule has 1 aliphatic rings. The average molecular weight is 469 g/mol. The number of aliphatic carboxylic acids is 1. The third kappa shape index (κ3) is 4.65. The number of carboxylic acid groups (broad SMARTS) is 1. The fourth-order valence-electron chi connectivity index (χ4n) is 3.27. The zero-order valence-electron chi connectivity index (χ0n) is 16.4. The van der Waals surface area contributed by atoms with E-state index in [0.29, 0.717) is 37.3 Å². The van der Waals surface area contributed by atoms with Gasteiger partial charge in [-0.15, -0.1) is 0 Å². The minimum atomic E-state index is -0.940. The summed E-state index contributed by atoms with van der Waals surface area (Å²) in [6.07, 6.45) is 1.57. The fraction of sp³-hybridized carbons (Fsp3) is 0.273. The minimum Gasteiger partial charge on any atom is -0.481 e. The molecule has 0 radical (unpaired) electrons. The van der Waals surface area contributed by atoms with Crippen LogP contribution in [0.4, 0.5) is 0 Å². The van der Waals surface area contributed by atoms with Gasteiger partial charge in [0.05, 0.1) is 29.7 Å². The Morgan fingerprint density at radius 2 is 1.87 bits per heavy atom. The number of ether oxygens (including phenoxy) is 1. The van der Waals surface area contributed by atoms with E-state index in [1.54, 1.807) is 37.3 Å². The van der Waals surface area contributed by atoms with Crippen molar-refractivity contribution in [2.75, 3.05) is 13.2 Å². The van der Waals surface area contributed by atoms with E-state index in [2.05, 4.69) is 5.32 Å². The van der Waals surface area contributed by atoms with Crippen molar-refractivity contribution in [3.63, 3.8) is 0 Å². The Morgan fingerprint density at radius 1 is 1.17 bits per heavy atom. The molecule has 1 saturated heterocycles. The van der Waals surface area contributed by atoms with Gasteiger partial charge < -0.3 is 15.2 Å². The maximum absolute atomic E-state index is 12.9. The van der Waals surface area contributed by atoms with Gasteiger partial charge in [-0.3, -0.25) is 9.59 Å². The lowest BCUT2D eigenvalue weighted by Crippen LogP contribution is -2.59. The van der Waals surface area contributed by atoms with Gasteiger partial charge in [-0.25, -0.2) is 0 Å². The largest absolute Gasteiger partial charge is 0.481 e. The number of rotatable bonds is 6. The quantitative estimate of drug-likeness (QED) is 0.583. The number of hydrogen-bond acceptors (Lipinski definition) is 3. The van der Waals surface area contributed by atoms with Crippen LogP contribution >= 0.6 is 34.8 Å². The Balaban J connectivity index is 1.86. The maximum atomic E-state index is 12.9. The van der Waals surface area contributed by atoms with E-state index in [1.807, 2.05) is 13.0 Å². The molecule has 2 aromatic rings. The van der Waals surface area contributed by atoms with E-state index in [4.69, 9.17) is 44.6 Å². The van der Waals surface area contributed by atoms with Crippen molar-refractivity contribution in [2.24, 2.45) is 0 Å². The van der Waals surface area contributed by atoms with E-state index in [9.17, 15) is 9.59 Å². The van der Waals surface area contributed by atoms with Crippen molar-refractivity contribution in [1.29, 1.82) is 0 Å². The van der Waals surface area contributed by atoms with Crippen LogP contribution in [0.25, 0.3) is 6.08 Å². The maximum Gasteiger partial charge on any atom is 0.307 e. The highest BCUT2D eigenvalue weighted by atomic mass is 35.5. The Hall–Kier alpha value is -2.05. The molecule has 0 bridgehead atoms. The van der Waals surface area contributed by atoms with Crippen LogP contribution < -0.4 is 5.32 Å². The van der Waals surface area contributed by atoms with Crippen molar-refractivity contribution in [3.8, 4) is 0 Å². The van der Waals surface area contributed by atoms with Gasteiger partial charge in [-0.1, -0.05) is 53.0 Å². The second kappa shape index (κ2) is 8.98. The molecule has 0 spiro atoms. The molecule has 5 nitrogen and oxygen atoms in total. The van der Waals surface area contributed by atoms with Gasteiger partial charge in [0.15, 0.2) is 0 Å². The highest BCUT2D eigenvalue weighted by molar-refractivity contribution is 6.43. The predicted molar refractivity (Wildman–Crippen MR) is 118 cm³/mol. The molecule has 1 amide bonds. The summed E-state index contributed by atoms with van der Waals surface area (Å²) >= 11 is 18.8. The summed E-state index contributed by atoms with van der Waals surface area (Å²) in [5, 5.41) is 13.2. The molecular formula is C22H20Cl3NO4. The summed E-state index contributed by atoms with van der Waals surface area (Å²) < 4.78 is 5.37. The molecule has 1 fully saturated rings. The first-order chi connectivity index (χ1) is 14.1. The molecule has 3 rings (SSSR count). The Morgan fingerprint density at radius 3 is 2.43 bits per heavy atom. The first-order valence-electron chi connectivity index (χ1n) is 9.17. The number of halogens is 3. The van der Waals surface area contributed by atoms with Crippen molar-refractivity contribution in [1.82, 2.24) is 5.32 Å². The van der Waals surface area contributed by atoms with Crippen LogP contribution in [0.1, 0.15) is 29.2 Å². The molecule has 30 heavy (non-hydrogen) atoms. The lowest BCUT2D eigenvalue weighted by atomic mass is 9.86. The van der Waals surface area contributed by atoms with Crippen LogP contribution in [0.15, 0.2) is 35.9 Å². The van der Waals surface area contributed by atoms with E-state index < -0.39 is 11.5 Å². The summed E-state index contributed by atoms with van der Waals surface area (Å²) in [5.74, 6) is -1.23. The molecule has 2 N–H and O–H groups in total. The molecular weight excluding hydrogens is 449 g/mol. The molecule has 0 aromatic heterocycles. The number of nitrogens with one attached hydrogen (secondary N) is 1. The summed E-state index contributed by atoms with van der Waals surface area (Å²) in [7, 11) is 0. The van der Waals surface area contributed by atoms with E-state index in [0.717, 1.165) is 5.56 Å². The normalized spacial score (nSPS) is 15.4. The van der Waals surface area contributed by atoms with Crippen molar-refractivity contribution in [3.05, 3.63) is 73.2 Å². The number of carbonyl (C=O) groups is 2. The zero-order valence-corrected chi connectivity index (χ0v) is 18.7. The van der Waals surface area contributed by atoms with E-state index in [-0.39, 0.29) is 25.5 Å². The molecule has 0 unspecified atom stereocenters. The highest BCUT2D eigenvalue weighted by Gasteiger charge is 2.43. The lowest BCUT2D eigenvalue weighted by Gasteiger charge is -2.43. The molecule has 0 saturated carbocycles. The highest BCUT2D eigenvalue weighted by Crippen LogP contribution is 2.36. The van der Waals surface area contributed by atoms with Crippen LogP contribution in [0.2, 0.25) is 15.1 Å². The second-order valence-electron chi connectivity index (χ2n) is 7.33. The van der Waals surface area contributed by atoms with Gasteiger partial charge >= 0.3 is 5.97 Å². The van der Waals surface area contributed by atoms with Crippen molar-refractivity contribution < 1.29 is 19.4 Å². The third-order valence-electron chi connectivity index (χ3n) is 5.02. The van der Waals surface area contributed by atoms with Gasteiger partial charge in [0.2, 0.25) is 5.91 Å².